The van der Waals surface area contributed by atoms with Crippen LogP contribution in [0.5, 0.6) is 0 Å². The summed E-state index contributed by atoms with van der Waals surface area (Å²) in [6.07, 6.45) is 0. The van der Waals surface area contributed by atoms with Gasteiger partial charge < -0.3 is 10.2 Å². The van der Waals surface area contributed by atoms with Crippen LogP contribution >= 0.6 is 23.4 Å². The highest BCUT2D eigenvalue weighted by Gasteiger charge is 2.39. The number of nitrogens with one attached hydrogen (secondary N) is 1. The van der Waals surface area contributed by atoms with Gasteiger partial charge in [0.15, 0.2) is 0 Å². The highest BCUT2D eigenvalue weighted by molar-refractivity contribution is 8.01. The minimum Gasteiger partial charge on any atom is -0.352 e. The van der Waals surface area contributed by atoms with Gasteiger partial charge in [-0.2, -0.15) is 0 Å². The molecule has 0 saturated heterocycles. The van der Waals surface area contributed by atoms with E-state index in [9.17, 15) is 14.0 Å². The zero-order chi connectivity index (χ0) is 22.7. The Hall–Kier alpha value is -2.83. The first-order valence-electron chi connectivity index (χ1n) is 10.3. The fourth-order valence-electron chi connectivity index (χ4n) is 3.61. The molecule has 4 rings (SSSR count). The van der Waals surface area contributed by atoms with Crippen LogP contribution in [0.2, 0.25) is 5.02 Å². The normalized spacial score (nSPS) is 16.4. The standard InChI is InChI=1S/C25H22ClFN2O2S/c1-16(24(30)28-14-18-6-2-3-7-20(18)26)23-25(31)29(15-17-10-12-19(27)13-11-17)21-8-4-5-9-22(21)32-23/h2-13,16,23H,14-15H2,1H3,(H,28,30)/t16-,23+/m0/s1. The summed E-state index contributed by atoms with van der Waals surface area (Å²) < 4.78 is 13.3. The molecule has 164 valence electrons. The Bertz CT molecular complexity index is 1140. The van der Waals surface area contributed by atoms with Gasteiger partial charge in [0.1, 0.15) is 11.1 Å². The van der Waals surface area contributed by atoms with Gasteiger partial charge in [-0.25, -0.2) is 4.39 Å². The average Bonchev–Trinajstić information content (AvgIpc) is 2.81. The molecule has 7 heteroatoms. The maximum absolute atomic E-state index is 13.5. The molecular formula is C25H22ClFN2O2S. The first-order valence-corrected chi connectivity index (χ1v) is 11.5. The van der Waals surface area contributed by atoms with Crippen LogP contribution in [0.4, 0.5) is 10.1 Å². The van der Waals surface area contributed by atoms with Crippen LogP contribution in [0.15, 0.2) is 77.7 Å². The number of anilines is 1. The molecule has 0 aliphatic carbocycles. The third-order valence-corrected chi connectivity index (χ3v) is 7.28. The van der Waals surface area contributed by atoms with Gasteiger partial charge in [0.25, 0.3) is 0 Å². The zero-order valence-corrected chi connectivity index (χ0v) is 19.0. The number of thioether (sulfide) groups is 1. The van der Waals surface area contributed by atoms with E-state index in [1.54, 1.807) is 30.0 Å². The number of carbonyl (C=O) groups excluding carboxylic acids is 2. The van der Waals surface area contributed by atoms with Gasteiger partial charge in [0.05, 0.1) is 18.2 Å². The van der Waals surface area contributed by atoms with Crippen molar-refractivity contribution in [3.8, 4) is 0 Å². The lowest BCUT2D eigenvalue weighted by atomic mass is 10.0. The number of hydrogen-bond acceptors (Lipinski definition) is 3. The fourth-order valence-corrected chi connectivity index (χ4v) is 5.10. The Morgan fingerprint density at radius 1 is 1.09 bits per heavy atom. The van der Waals surface area contributed by atoms with Gasteiger partial charge in [-0.05, 0) is 41.5 Å². The third-order valence-electron chi connectivity index (χ3n) is 5.45. The minimum absolute atomic E-state index is 0.140. The Kier molecular flexibility index (Phi) is 6.82. The van der Waals surface area contributed by atoms with Crippen LogP contribution in [0.3, 0.4) is 0 Å². The van der Waals surface area contributed by atoms with Gasteiger partial charge in [0, 0.05) is 16.5 Å². The van der Waals surface area contributed by atoms with E-state index >= 15 is 0 Å². The van der Waals surface area contributed by atoms with Crippen molar-refractivity contribution in [1.29, 1.82) is 0 Å². The number of hydrogen-bond donors (Lipinski definition) is 1. The van der Waals surface area contributed by atoms with Crippen molar-refractivity contribution in [3.05, 3.63) is 94.8 Å². The van der Waals surface area contributed by atoms with Crippen LogP contribution in [-0.2, 0) is 22.7 Å². The van der Waals surface area contributed by atoms with Crippen LogP contribution in [0.25, 0.3) is 0 Å². The van der Waals surface area contributed by atoms with Gasteiger partial charge in [0.2, 0.25) is 11.8 Å². The van der Waals surface area contributed by atoms with E-state index in [4.69, 9.17) is 11.6 Å². The van der Waals surface area contributed by atoms with Crippen molar-refractivity contribution in [3.63, 3.8) is 0 Å². The number of halogens is 2. The maximum atomic E-state index is 13.5. The van der Waals surface area contributed by atoms with Gasteiger partial charge in [-0.3, -0.25) is 9.59 Å². The van der Waals surface area contributed by atoms with E-state index in [1.165, 1.54) is 23.9 Å². The predicted molar refractivity (Wildman–Crippen MR) is 126 cm³/mol. The van der Waals surface area contributed by atoms with Crippen molar-refractivity contribution in [2.45, 2.75) is 30.2 Å². The Labute approximate surface area is 195 Å². The monoisotopic (exact) mass is 468 g/mol. The average molecular weight is 469 g/mol. The molecule has 1 heterocycles. The lowest BCUT2D eigenvalue weighted by Crippen LogP contribution is -2.47. The molecular weight excluding hydrogens is 447 g/mol. The minimum atomic E-state index is -0.573. The Morgan fingerprint density at radius 2 is 1.78 bits per heavy atom. The van der Waals surface area contributed by atoms with Crippen molar-refractivity contribution < 1.29 is 14.0 Å². The van der Waals surface area contributed by atoms with E-state index in [0.29, 0.717) is 18.1 Å². The van der Waals surface area contributed by atoms with Crippen LogP contribution in [0, 0.1) is 11.7 Å². The summed E-state index contributed by atoms with van der Waals surface area (Å²) in [5, 5.41) is 2.92. The number of amides is 2. The molecule has 2 atom stereocenters. The molecule has 1 aliphatic heterocycles. The molecule has 0 fully saturated rings. The Morgan fingerprint density at radius 3 is 2.53 bits per heavy atom. The van der Waals surface area contributed by atoms with E-state index in [1.807, 2.05) is 42.5 Å². The smallest absolute Gasteiger partial charge is 0.241 e. The largest absolute Gasteiger partial charge is 0.352 e. The Balaban J connectivity index is 1.53. The molecule has 1 N–H and O–H groups in total. The maximum Gasteiger partial charge on any atom is 0.241 e. The number of rotatable bonds is 6. The number of para-hydroxylation sites is 1. The summed E-state index contributed by atoms with van der Waals surface area (Å²) in [6.45, 7) is 2.37. The second-order valence-electron chi connectivity index (χ2n) is 7.65. The molecule has 4 nitrogen and oxygen atoms in total. The number of carbonyl (C=O) groups is 2. The van der Waals surface area contributed by atoms with Crippen LogP contribution in [-0.4, -0.2) is 17.1 Å². The quantitative estimate of drug-likeness (QED) is 0.524. The fraction of sp³-hybridized carbons (Fsp3) is 0.200. The summed E-state index contributed by atoms with van der Waals surface area (Å²) in [6, 6.07) is 21.1. The predicted octanol–water partition coefficient (Wildman–Crippen LogP) is 5.44. The SMILES string of the molecule is C[C@H](C(=O)NCc1ccccc1Cl)[C@H]1Sc2ccccc2N(Cc2ccc(F)cc2)C1=O. The van der Waals surface area contributed by atoms with Crippen LogP contribution < -0.4 is 10.2 Å². The zero-order valence-electron chi connectivity index (χ0n) is 17.4. The summed E-state index contributed by atoms with van der Waals surface area (Å²) in [5.41, 5.74) is 2.43. The lowest BCUT2D eigenvalue weighted by Gasteiger charge is -2.35. The first kappa shape index (κ1) is 22.4. The van der Waals surface area contributed by atoms with Gasteiger partial charge >= 0.3 is 0 Å². The molecule has 0 saturated carbocycles. The summed E-state index contributed by atoms with van der Waals surface area (Å²) in [5.74, 6) is -1.23. The summed E-state index contributed by atoms with van der Waals surface area (Å²) >= 11 is 7.59. The van der Waals surface area contributed by atoms with Gasteiger partial charge in [-0.1, -0.05) is 61.0 Å². The molecule has 0 spiro atoms. The lowest BCUT2D eigenvalue weighted by molar-refractivity contribution is -0.128. The number of nitrogens with zero attached hydrogens (tertiary/aromatic N) is 1. The van der Waals surface area contributed by atoms with Crippen molar-refractivity contribution in [1.82, 2.24) is 5.32 Å². The first-order chi connectivity index (χ1) is 15.4. The van der Waals surface area contributed by atoms with E-state index in [2.05, 4.69) is 5.32 Å². The van der Waals surface area contributed by atoms with Crippen molar-refractivity contribution in [2.24, 2.45) is 5.92 Å². The molecule has 0 bridgehead atoms. The van der Waals surface area contributed by atoms with E-state index < -0.39 is 11.2 Å². The van der Waals surface area contributed by atoms with Crippen molar-refractivity contribution in [2.75, 3.05) is 4.90 Å². The number of benzene rings is 3. The molecule has 3 aromatic carbocycles. The molecule has 0 unspecified atom stereocenters. The topological polar surface area (TPSA) is 49.4 Å². The van der Waals surface area contributed by atoms with E-state index in [-0.39, 0.29) is 17.6 Å². The van der Waals surface area contributed by atoms with Crippen molar-refractivity contribution >= 4 is 40.9 Å². The molecule has 3 aromatic rings. The molecule has 1 aliphatic rings. The third kappa shape index (κ3) is 4.81. The van der Waals surface area contributed by atoms with E-state index in [0.717, 1.165) is 21.7 Å². The summed E-state index contributed by atoms with van der Waals surface area (Å²) in [7, 11) is 0. The second-order valence-corrected chi connectivity index (χ2v) is 9.25. The highest BCUT2D eigenvalue weighted by atomic mass is 35.5. The number of fused-ring (bicyclic) bond motifs is 1. The van der Waals surface area contributed by atoms with Crippen LogP contribution in [0.1, 0.15) is 18.1 Å². The molecule has 0 aromatic heterocycles. The highest BCUT2D eigenvalue weighted by Crippen LogP contribution is 2.42. The second kappa shape index (κ2) is 9.76. The van der Waals surface area contributed by atoms with Gasteiger partial charge in [-0.15, -0.1) is 11.8 Å². The molecule has 0 radical (unpaired) electrons. The molecule has 32 heavy (non-hydrogen) atoms. The summed E-state index contributed by atoms with van der Waals surface area (Å²) in [4.78, 5) is 29.0. The molecule has 2 amide bonds.